The van der Waals surface area contributed by atoms with Crippen molar-refractivity contribution in [1.82, 2.24) is 15.3 Å². The van der Waals surface area contributed by atoms with Gasteiger partial charge in [0, 0.05) is 44.2 Å². The standard InChI is InChI=1S/C15H18FN3O2/c1-11-3-4-13(16)7-14(11)21-15-18-9-12(10-19-15)8-17-5-6-20-2/h3-4,7,9-10,17H,5-6,8H2,1-2H3. The summed E-state index contributed by atoms with van der Waals surface area (Å²) in [6, 6.07) is 4.56. The van der Waals surface area contributed by atoms with Gasteiger partial charge < -0.3 is 14.8 Å². The van der Waals surface area contributed by atoms with Crippen LogP contribution < -0.4 is 10.1 Å². The number of benzene rings is 1. The van der Waals surface area contributed by atoms with Gasteiger partial charge in [0.25, 0.3) is 0 Å². The van der Waals surface area contributed by atoms with Crippen LogP contribution >= 0.6 is 0 Å². The Morgan fingerprint density at radius 3 is 2.71 bits per heavy atom. The summed E-state index contributed by atoms with van der Waals surface area (Å²) in [6.45, 7) is 3.91. The number of methoxy groups -OCH3 is 1. The Morgan fingerprint density at radius 2 is 2.00 bits per heavy atom. The minimum absolute atomic E-state index is 0.198. The van der Waals surface area contributed by atoms with E-state index in [1.54, 1.807) is 25.6 Å². The normalized spacial score (nSPS) is 10.6. The van der Waals surface area contributed by atoms with E-state index in [4.69, 9.17) is 9.47 Å². The Hall–Kier alpha value is -2.05. The van der Waals surface area contributed by atoms with Gasteiger partial charge in [-0.2, -0.15) is 0 Å². The number of aryl methyl sites for hydroxylation is 1. The molecule has 0 aliphatic heterocycles. The Morgan fingerprint density at radius 1 is 1.24 bits per heavy atom. The van der Waals surface area contributed by atoms with Gasteiger partial charge in [-0.1, -0.05) is 6.07 Å². The smallest absolute Gasteiger partial charge is 0.321 e. The van der Waals surface area contributed by atoms with Gasteiger partial charge in [0.2, 0.25) is 0 Å². The van der Waals surface area contributed by atoms with E-state index in [9.17, 15) is 4.39 Å². The molecule has 0 bridgehead atoms. The van der Waals surface area contributed by atoms with Crippen LogP contribution in [0, 0.1) is 12.7 Å². The van der Waals surface area contributed by atoms with Gasteiger partial charge in [0.1, 0.15) is 11.6 Å². The predicted octanol–water partition coefficient (Wildman–Crippen LogP) is 2.45. The van der Waals surface area contributed by atoms with E-state index in [0.717, 1.165) is 17.7 Å². The second-order valence-electron chi connectivity index (χ2n) is 4.56. The lowest BCUT2D eigenvalue weighted by molar-refractivity contribution is 0.199. The van der Waals surface area contributed by atoms with Gasteiger partial charge in [-0.25, -0.2) is 14.4 Å². The molecule has 0 fully saturated rings. The molecule has 0 atom stereocenters. The zero-order valence-electron chi connectivity index (χ0n) is 12.1. The van der Waals surface area contributed by atoms with Gasteiger partial charge in [-0.3, -0.25) is 0 Å². The summed E-state index contributed by atoms with van der Waals surface area (Å²) in [7, 11) is 1.66. The summed E-state index contributed by atoms with van der Waals surface area (Å²) in [6.07, 6.45) is 3.35. The van der Waals surface area contributed by atoms with E-state index >= 15 is 0 Å². The van der Waals surface area contributed by atoms with E-state index in [1.165, 1.54) is 12.1 Å². The first-order valence-electron chi connectivity index (χ1n) is 6.63. The Kier molecular flexibility index (Phi) is 5.59. The highest BCUT2D eigenvalue weighted by molar-refractivity contribution is 5.34. The Balaban J connectivity index is 1.94. The molecular formula is C15H18FN3O2. The monoisotopic (exact) mass is 291 g/mol. The molecule has 0 saturated carbocycles. The first-order chi connectivity index (χ1) is 10.2. The summed E-state index contributed by atoms with van der Waals surface area (Å²) in [5.74, 6) is 0.0653. The molecule has 0 radical (unpaired) electrons. The van der Waals surface area contributed by atoms with Crippen LogP contribution in [0.25, 0.3) is 0 Å². The van der Waals surface area contributed by atoms with Crippen molar-refractivity contribution in [1.29, 1.82) is 0 Å². The SMILES string of the molecule is COCCNCc1cnc(Oc2cc(F)ccc2C)nc1. The van der Waals surface area contributed by atoms with Crippen molar-refractivity contribution in [2.24, 2.45) is 0 Å². The molecule has 1 aromatic carbocycles. The third-order valence-corrected chi connectivity index (χ3v) is 2.85. The number of halogens is 1. The van der Waals surface area contributed by atoms with Crippen molar-refractivity contribution in [3.05, 3.63) is 47.5 Å². The number of hydrogen-bond acceptors (Lipinski definition) is 5. The van der Waals surface area contributed by atoms with Crippen molar-refractivity contribution >= 4 is 0 Å². The minimum Gasteiger partial charge on any atom is -0.424 e. The van der Waals surface area contributed by atoms with Crippen molar-refractivity contribution in [3.63, 3.8) is 0 Å². The molecule has 0 amide bonds. The number of hydrogen-bond donors (Lipinski definition) is 1. The lowest BCUT2D eigenvalue weighted by Gasteiger charge is -2.08. The van der Waals surface area contributed by atoms with E-state index < -0.39 is 0 Å². The van der Waals surface area contributed by atoms with E-state index in [0.29, 0.717) is 18.9 Å². The molecular weight excluding hydrogens is 273 g/mol. The maximum absolute atomic E-state index is 13.2. The molecule has 1 aromatic heterocycles. The highest BCUT2D eigenvalue weighted by Crippen LogP contribution is 2.23. The summed E-state index contributed by atoms with van der Waals surface area (Å²) in [5.41, 5.74) is 1.76. The fourth-order valence-electron chi connectivity index (χ4n) is 1.68. The number of aromatic nitrogens is 2. The third-order valence-electron chi connectivity index (χ3n) is 2.85. The maximum Gasteiger partial charge on any atom is 0.321 e. The molecule has 2 aromatic rings. The first kappa shape index (κ1) is 15.3. The van der Waals surface area contributed by atoms with Crippen molar-refractivity contribution in [3.8, 4) is 11.8 Å². The fraction of sp³-hybridized carbons (Fsp3) is 0.333. The molecule has 21 heavy (non-hydrogen) atoms. The summed E-state index contributed by atoms with van der Waals surface area (Å²) >= 11 is 0. The van der Waals surface area contributed by atoms with Crippen molar-refractivity contribution < 1.29 is 13.9 Å². The van der Waals surface area contributed by atoms with Crippen LogP contribution in [0.3, 0.4) is 0 Å². The topological polar surface area (TPSA) is 56.3 Å². The van der Waals surface area contributed by atoms with E-state index in [2.05, 4.69) is 15.3 Å². The molecule has 1 heterocycles. The van der Waals surface area contributed by atoms with Crippen molar-refractivity contribution in [2.75, 3.05) is 20.3 Å². The second-order valence-corrected chi connectivity index (χ2v) is 4.56. The van der Waals surface area contributed by atoms with Crippen LogP contribution in [0.2, 0.25) is 0 Å². The molecule has 112 valence electrons. The summed E-state index contributed by atoms with van der Waals surface area (Å²) in [5, 5.41) is 3.19. The highest BCUT2D eigenvalue weighted by atomic mass is 19.1. The molecule has 0 saturated heterocycles. The van der Waals surface area contributed by atoms with E-state index in [1.807, 2.05) is 6.92 Å². The van der Waals surface area contributed by atoms with Gasteiger partial charge in [-0.05, 0) is 18.6 Å². The average molecular weight is 291 g/mol. The van der Waals surface area contributed by atoms with Gasteiger partial charge >= 0.3 is 6.01 Å². The minimum atomic E-state index is -0.352. The number of rotatable bonds is 7. The Bertz CT molecular complexity index is 576. The molecule has 5 nitrogen and oxygen atoms in total. The number of ether oxygens (including phenoxy) is 2. The van der Waals surface area contributed by atoms with Crippen LogP contribution in [0.15, 0.2) is 30.6 Å². The highest BCUT2D eigenvalue weighted by Gasteiger charge is 2.05. The average Bonchev–Trinajstić information content (AvgIpc) is 2.49. The van der Waals surface area contributed by atoms with Crippen LogP contribution in [-0.4, -0.2) is 30.2 Å². The lowest BCUT2D eigenvalue weighted by atomic mass is 10.2. The van der Waals surface area contributed by atoms with Crippen molar-refractivity contribution in [2.45, 2.75) is 13.5 Å². The van der Waals surface area contributed by atoms with Gasteiger partial charge in [-0.15, -0.1) is 0 Å². The molecule has 0 aliphatic carbocycles. The third kappa shape index (κ3) is 4.77. The molecule has 0 aliphatic rings. The molecule has 0 unspecified atom stereocenters. The molecule has 0 spiro atoms. The number of nitrogens with zero attached hydrogens (tertiary/aromatic N) is 2. The van der Waals surface area contributed by atoms with Crippen LogP contribution in [-0.2, 0) is 11.3 Å². The fourth-order valence-corrected chi connectivity index (χ4v) is 1.68. The summed E-state index contributed by atoms with van der Waals surface area (Å²) in [4.78, 5) is 8.23. The summed E-state index contributed by atoms with van der Waals surface area (Å²) < 4.78 is 23.6. The van der Waals surface area contributed by atoms with Crippen LogP contribution in [0.5, 0.6) is 11.8 Å². The zero-order valence-corrected chi connectivity index (χ0v) is 12.1. The predicted molar refractivity (Wildman–Crippen MR) is 76.8 cm³/mol. The van der Waals surface area contributed by atoms with Gasteiger partial charge in [0.05, 0.1) is 6.61 Å². The Labute approximate surface area is 123 Å². The second kappa shape index (κ2) is 7.66. The van der Waals surface area contributed by atoms with E-state index in [-0.39, 0.29) is 11.8 Å². The van der Waals surface area contributed by atoms with Crippen LogP contribution in [0.1, 0.15) is 11.1 Å². The maximum atomic E-state index is 13.2. The molecule has 6 heteroatoms. The number of nitrogens with one attached hydrogen (secondary N) is 1. The van der Waals surface area contributed by atoms with Crippen LogP contribution in [0.4, 0.5) is 4.39 Å². The lowest BCUT2D eigenvalue weighted by Crippen LogP contribution is -2.18. The largest absolute Gasteiger partial charge is 0.424 e. The van der Waals surface area contributed by atoms with Gasteiger partial charge in [0.15, 0.2) is 0 Å². The zero-order chi connectivity index (χ0) is 15.1. The quantitative estimate of drug-likeness (QED) is 0.794. The molecule has 2 rings (SSSR count). The molecule has 1 N–H and O–H groups in total. The first-order valence-corrected chi connectivity index (χ1v) is 6.63.